The molecule has 1 rings (SSSR count). The summed E-state index contributed by atoms with van der Waals surface area (Å²) in [5, 5.41) is 2.64. The number of unbranched alkanes of at least 4 members (excludes halogenated alkanes) is 1. The Morgan fingerprint density at radius 2 is 1.94 bits per heavy atom. The molecule has 4 nitrogen and oxygen atoms in total. The number of para-hydroxylation sites is 1. The predicted octanol–water partition coefficient (Wildman–Crippen LogP) is 2.19. The van der Waals surface area contributed by atoms with E-state index in [-0.39, 0.29) is 0 Å². The number of aryl methyl sites for hydroxylation is 1. The molecule has 0 saturated carbocycles. The lowest BCUT2D eigenvalue weighted by Gasteiger charge is -2.16. The van der Waals surface area contributed by atoms with Gasteiger partial charge in [-0.15, -0.1) is 0 Å². The van der Waals surface area contributed by atoms with Gasteiger partial charge in [0.15, 0.2) is 0 Å². The molecule has 1 N–H and O–H groups in total. The molecule has 1 aromatic carbocycles. The van der Waals surface area contributed by atoms with Crippen LogP contribution in [0.5, 0.6) is 0 Å². The fourth-order valence-electron chi connectivity index (χ4n) is 1.56. The smallest absolute Gasteiger partial charge is 0.313 e. The average Bonchev–Trinajstić information content (AvgIpc) is 2.37. The summed E-state index contributed by atoms with van der Waals surface area (Å²) in [6.07, 6.45) is 1.90. The highest BCUT2D eigenvalue weighted by Gasteiger charge is 2.18. The molecular formula is C14H20N2O2. The summed E-state index contributed by atoms with van der Waals surface area (Å²) in [5.74, 6) is -1.07. The second-order valence-corrected chi connectivity index (χ2v) is 4.35. The van der Waals surface area contributed by atoms with Crippen LogP contribution in [-0.4, -0.2) is 30.3 Å². The highest BCUT2D eigenvalue weighted by atomic mass is 16.2. The number of carbonyl (C=O) groups is 2. The summed E-state index contributed by atoms with van der Waals surface area (Å²) in [4.78, 5) is 25.0. The molecule has 98 valence electrons. The maximum Gasteiger partial charge on any atom is 0.313 e. The van der Waals surface area contributed by atoms with E-state index in [0.717, 1.165) is 18.4 Å². The molecular weight excluding hydrogens is 228 g/mol. The van der Waals surface area contributed by atoms with Gasteiger partial charge < -0.3 is 10.2 Å². The van der Waals surface area contributed by atoms with Crippen molar-refractivity contribution < 1.29 is 9.59 Å². The molecule has 4 heteroatoms. The van der Waals surface area contributed by atoms with Crippen LogP contribution in [0.4, 0.5) is 5.69 Å². The van der Waals surface area contributed by atoms with Gasteiger partial charge in [-0.1, -0.05) is 31.5 Å². The van der Waals surface area contributed by atoms with Crippen molar-refractivity contribution >= 4 is 17.5 Å². The lowest BCUT2D eigenvalue weighted by Crippen LogP contribution is -2.37. The molecule has 0 aliphatic heterocycles. The van der Waals surface area contributed by atoms with Crippen LogP contribution < -0.4 is 5.32 Å². The van der Waals surface area contributed by atoms with Gasteiger partial charge in [-0.05, 0) is 25.0 Å². The molecule has 0 radical (unpaired) electrons. The van der Waals surface area contributed by atoms with Gasteiger partial charge in [0.1, 0.15) is 0 Å². The molecule has 0 spiro atoms. The number of hydrogen-bond acceptors (Lipinski definition) is 2. The number of amides is 2. The number of nitrogens with zero attached hydrogens (tertiary/aromatic N) is 1. The van der Waals surface area contributed by atoms with Crippen molar-refractivity contribution in [1.82, 2.24) is 4.90 Å². The lowest BCUT2D eigenvalue weighted by atomic mass is 10.2. The summed E-state index contributed by atoms with van der Waals surface area (Å²) in [6, 6.07) is 7.39. The summed E-state index contributed by atoms with van der Waals surface area (Å²) >= 11 is 0. The van der Waals surface area contributed by atoms with Crippen molar-refractivity contribution in [2.45, 2.75) is 26.7 Å². The van der Waals surface area contributed by atoms with Gasteiger partial charge in [-0.2, -0.15) is 0 Å². The lowest BCUT2D eigenvalue weighted by molar-refractivity contribution is -0.142. The van der Waals surface area contributed by atoms with E-state index in [1.807, 2.05) is 32.0 Å². The van der Waals surface area contributed by atoms with E-state index in [0.29, 0.717) is 12.2 Å². The minimum atomic E-state index is -0.581. The zero-order chi connectivity index (χ0) is 13.5. The van der Waals surface area contributed by atoms with Gasteiger partial charge in [-0.25, -0.2) is 0 Å². The van der Waals surface area contributed by atoms with Crippen molar-refractivity contribution in [3.05, 3.63) is 29.8 Å². The number of benzene rings is 1. The van der Waals surface area contributed by atoms with E-state index in [9.17, 15) is 9.59 Å². The Balaban J connectivity index is 2.60. The van der Waals surface area contributed by atoms with Crippen molar-refractivity contribution in [3.63, 3.8) is 0 Å². The first-order valence-electron chi connectivity index (χ1n) is 6.18. The Kier molecular flexibility index (Phi) is 5.36. The van der Waals surface area contributed by atoms with Crippen LogP contribution in [-0.2, 0) is 9.59 Å². The van der Waals surface area contributed by atoms with Crippen molar-refractivity contribution in [2.24, 2.45) is 0 Å². The first kappa shape index (κ1) is 14.2. The maximum absolute atomic E-state index is 11.8. The standard InChI is InChI=1S/C14H20N2O2/c1-4-5-10-16(3)14(18)13(17)15-12-9-7-6-8-11(12)2/h6-9H,4-5,10H2,1-3H3,(H,15,17). The molecule has 0 aliphatic rings. The fourth-order valence-corrected chi connectivity index (χ4v) is 1.56. The molecule has 0 bridgehead atoms. The third-order valence-corrected chi connectivity index (χ3v) is 2.78. The molecule has 0 fully saturated rings. The van der Waals surface area contributed by atoms with Crippen LogP contribution in [0.25, 0.3) is 0 Å². The largest absolute Gasteiger partial charge is 0.338 e. The zero-order valence-electron chi connectivity index (χ0n) is 11.2. The maximum atomic E-state index is 11.8. The van der Waals surface area contributed by atoms with E-state index < -0.39 is 11.8 Å². The minimum absolute atomic E-state index is 0.494. The highest BCUT2D eigenvalue weighted by Crippen LogP contribution is 2.13. The van der Waals surface area contributed by atoms with Gasteiger partial charge in [0, 0.05) is 19.3 Å². The fraction of sp³-hybridized carbons (Fsp3) is 0.429. The van der Waals surface area contributed by atoms with Gasteiger partial charge >= 0.3 is 11.8 Å². The van der Waals surface area contributed by atoms with Crippen LogP contribution in [0.15, 0.2) is 24.3 Å². The highest BCUT2D eigenvalue weighted by molar-refractivity contribution is 6.39. The monoisotopic (exact) mass is 248 g/mol. The molecule has 0 unspecified atom stereocenters. The molecule has 0 atom stereocenters. The Morgan fingerprint density at radius 3 is 2.56 bits per heavy atom. The first-order valence-corrected chi connectivity index (χ1v) is 6.18. The van der Waals surface area contributed by atoms with Crippen molar-refractivity contribution in [1.29, 1.82) is 0 Å². The molecule has 0 saturated heterocycles. The summed E-state index contributed by atoms with van der Waals surface area (Å²) in [7, 11) is 1.65. The molecule has 18 heavy (non-hydrogen) atoms. The van der Waals surface area contributed by atoms with E-state index in [4.69, 9.17) is 0 Å². The Hall–Kier alpha value is -1.84. The number of nitrogens with one attached hydrogen (secondary N) is 1. The van der Waals surface area contributed by atoms with Crippen LogP contribution in [0.3, 0.4) is 0 Å². The third-order valence-electron chi connectivity index (χ3n) is 2.78. The van der Waals surface area contributed by atoms with Gasteiger partial charge in [0.25, 0.3) is 0 Å². The molecule has 0 aromatic heterocycles. The quantitative estimate of drug-likeness (QED) is 0.830. The van der Waals surface area contributed by atoms with E-state index in [1.165, 1.54) is 4.90 Å². The number of anilines is 1. The van der Waals surface area contributed by atoms with Crippen LogP contribution in [0.1, 0.15) is 25.3 Å². The summed E-state index contributed by atoms with van der Waals surface area (Å²) in [5.41, 5.74) is 1.62. The topological polar surface area (TPSA) is 49.4 Å². The van der Waals surface area contributed by atoms with E-state index >= 15 is 0 Å². The normalized spacial score (nSPS) is 9.94. The molecule has 2 amide bonds. The van der Waals surface area contributed by atoms with E-state index in [1.54, 1.807) is 13.1 Å². The Bertz CT molecular complexity index is 430. The number of carbonyl (C=O) groups excluding carboxylic acids is 2. The number of rotatable bonds is 4. The van der Waals surface area contributed by atoms with Gasteiger partial charge in [0.05, 0.1) is 0 Å². The van der Waals surface area contributed by atoms with Crippen LogP contribution in [0.2, 0.25) is 0 Å². The van der Waals surface area contributed by atoms with Crippen LogP contribution >= 0.6 is 0 Å². The average molecular weight is 248 g/mol. The first-order chi connectivity index (χ1) is 8.56. The molecule has 0 heterocycles. The third kappa shape index (κ3) is 3.87. The number of likely N-dealkylation sites (N-methyl/N-ethyl adjacent to an activating group) is 1. The van der Waals surface area contributed by atoms with Gasteiger partial charge in [-0.3, -0.25) is 9.59 Å². The summed E-state index contributed by atoms with van der Waals surface area (Å²) < 4.78 is 0. The predicted molar refractivity (Wildman–Crippen MR) is 72.4 cm³/mol. The van der Waals surface area contributed by atoms with Crippen molar-refractivity contribution in [3.8, 4) is 0 Å². The molecule has 0 aliphatic carbocycles. The van der Waals surface area contributed by atoms with Crippen LogP contribution in [0, 0.1) is 6.92 Å². The van der Waals surface area contributed by atoms with Gasteiger partial charge in [0.2, 0.25) is 0 Å². The Morgan fingerprint density at radius 1 is 1.28 bits per heavy atom. The summed E-state index contributed by atoms with van der Waals surface area (Å²) in [6.45, 7) is 4.54. The zero-order valence-corrected chi connectivity index (χ0v) is 11.2. The minimum Gasteiger partial charge on any atom is -0.338 e. The SMILES string of the molecule is CCCCN(C)C(=O)C(=O)Nc1ccccc1C. The second kappa shape index (κ2) is 6.79. The van der Waals surface area contributed by atoms with E-state index in [2.05, 4.69) is 5.32 Å². The van der Waals surface area contributed by atoms with Crippen molar-refractivity contribution in [2.75, 3.05) is 18.9 Å². The number of hydrogen-bond donors (Lipinski definition) is 1. The Labute approximate surface area is 108 Å². The molecule has 1 aromatic rings. The second-order valence-electron chi connectivity index (χ2n) is 4.35.